The quantitative estimate of drug-likeness (QED) is 0.349. The third-order valence-electron chi connectivity index (χ3n) is 3.81. The Labute approximate surface area is 151 Å². The highest BCUT2D eigenvalue weighted by atomic mass is 31.2. The lowest BCUT2D eigenvalue weighted by molar-refractivity contribution is -0.195. The molecule has 0 amide bonds. The second kappa shape index (κ2) is 9.25. The molecule has 1 aromatic carbocycles. The van der Waals surface area contributed by atoms with E-state index in [-0.39, 0.29) is 12.2 Å². The SMILES string of the molecule is NC(Cc1ccccc1OC(=O)CP(=O)(O)O)C(=O)ON1CCCCC1. The minimum atomic E-state index is -4.52. The molecule has 1 heterocycles. The molecule has 0 saturated carbocycles. The number of rotatable bonds is 7. The van der Waals surface area contributed by atoms with Crippen LogP contribution >= 0.6 is 7.60 Å². The highest BCUT2D eigenvalue weighted by Gasteiger charge is 2.24. The third-order valence-corrected chi connectivity index (χ3v) is 4.48. The molecule has 1 saturated heterocycles. The molecule has 2 rings (SSSR count). The summed E-state index contributed by atoms with van der Waals surface area (Å²) in [6.45, 7) is 1.35. The molecule has 10 heteroatoms. The molecule has 1 atom stereocenters. The molecule has 0 aliphatic carbocycles. The van der Waals surface area contributed by atoms with Crippen LogP contribution < -0.4 is 10.5 Å². The van der Waals surface area contributed by atoms with Crippen LogP contribution in [-0.2, 0) is 25.4 Å². The Bertz CT molecular complexity index is 685. The molecule has 0 aromatic heterocycles. The molecule has 1 aliphatic heterocycles. The molecule has 1 unspecified atom stereocenters. The zero-order valence-corrected chi connectivity index (χ0v) is 15.1. The number of piperidine rings is 1. The maximum absolute atomic E-state index is 12.1. The lowest BCUT2D eigenvalue weighted by atomic mass is 10.1. The molecule has 1 aromatic rings. The van der Waals surface area contributed by atoms with Gasteiger partial charge in [-0.3, -0.25) is 9.36 Å². The van der Waals surface area contributed by atoms with Gasteiger partial charge in [0.15, 0.2) is 0 Å². The summed E-state index contributed by atoms with van der Waals surface area (Å²) in [4.78, 5) is 46.7. The molecule has 1 fully saturated rings. The molecular formula is C16H23N2O7P. The van der Waals surface area contributed by atoms with Crippen LogP contribution in [0.1, 0.15) is 24.8 Å². The Morgan fingerprint density at radius 1 is 1.19 bits per heavy atom. The summed E-state index contributed by atoms with van der Waals surface area (Å²) in [7, 11) is -4.52. The zero-order valence-electron chi connectivity index (χ0n) is 14.2. The smallest absolute Gasteiger partial charge is 0.342 e. The van der Waals surface area contributed by atoms with Crippen LogP contribution in [0.25, 0.3) is 0 Å². The molecule has 9 nitrogen and oxygen atoms in total. The molecule has 0 radical (unpaired) electrons. The predicted molar refractivity (Wildman–Crippen MR) is 92.2 cm³/mol. The van der Waals surface area contributed by atoms with E-state index >= 15 is 0 Å². The number of nitrogens with zero attached hydrogens (tertiary/aromatic N) is 1. The first-order valence-electron chi connectivity index (χ1n) is 8.30. The minimum absolute atomic E-state index is 0.0615. The highest BCUT2D eigenvalue weighted by Crippen LogP contribution is 2.34. The van der Waals surface area contributed by atoms with Crippen LogP contribution in [0.4, 0.5) is 0 Å². The van der Waals surface area contributed by atoms with Gasteiger partial charge in [-0.1, -0.05) is 24.6 Å². The van der Waals surface area contributed by atoms with Crippen LogP contribution in [0, 0.1) is 0 Å². The largest absolute Gasteiger partial charge is 0.426 e. The fourth-order valence-electron chi connectivity index (χ4n) is 2.57. The first-order chi connectivity index (χ1) is 12.2. The number of carbonyl (C=O) groups excluding carboxylic acids is 2. The maximum atomic E-state index is 12.1. The van der Waals surface area contributed by atoms with Crippen LogP contribution in [0.15, 0.2) is 24.3 Å². The van der Waals surface area contributed by atoms with Crippen molar-refractivity contribution in [3.63, 3.8) is 0 Å². The van der Waals surface area contributed by atoms with E-state index in [1.54, 1.807) is 23.3 Å². The maximum Gasteiger partial charge on any atom is 0.342 e. The van der Waals surface area contributed by atoms with Crippen LogP contribution in [0.2, 0.25) is 0 Å². The Balaban J connectivity index is 1.96. The van der Waals surface area contributed by atoms with Crippen molar-refractivity contribution >= 4 is 19.5 Å². The standard InChI is InChI=1S/C16H23N2O7P/c17-13(16(20)25-18-8-4-1-5-9-18)10-12-6-2-3-7-14(12)24-15(19)11-26(21,22)23/h2-3,6-7,13H,1,4-5,8-11,17H2,(H2,21,22,23). The predicted octanol–water partition coefficient (Wildman–Crippen LogP) is 0.584. The Hall–Kier alpha value is -1.77. The van der Waals surface area contributed by atoms with Gasteiger partial charge in [0.2, 0.25) is 0 Å². The van der Waals surface area contributed by atoms with Gasteiger partial charge >= 0.3 is 19.5 Å². The van der Waals surface area contributed by atoms with E-state index in [2.05, 4.69) is 0 Å². The van der Waals surface area contributed by atoms with E-state index in [4.69, 9.17) is 25.1 Å². The van der Waals surface area contributed by atoms with Crippen molar-refractivity contribution < 1.29 is 33.5 Å². The Kier molecular flexibility index (Phi) is 7.31. The zero-order chi connectivity index (χ0) is 19.2. The van der Waals surface area contributed by atoms with E-state index in [9.17, 15) is 14.2 Å². The van der Waals surface area contributed by atoms with Crippen molar-refractivity contribution in [3.05, 3.63) is 29.8 Å². The van der Waals surface area contributed by atoms with E-state index in [0.717, 1.165) is 19.3 Å². The first kappa shape index (κ1) is 20.5. The average molecular weight is 386 g/mol. The number of benzene rings is 1. The number of hydrogen-bond donors (Lipinski definition) is 3. The number of hydroxylamine groups is 2. The molecule has 1 aliphatic rings. The van der Waals surface area contributed by atoms with Gasteiger partial charge in [0.05, 0.1) is 0 Å². The average Bonchev–Trinajstić information content (AvgIpc) is 2.55. The fraction of sp³-hybridized carbons (Fsp3) is 0.500. The van der Waals surface area contributed by atoms with E-state index in [0.29, 0.717) is 18.7 Å². The van der Waals surface area contributed by atoms with Gasteiger partial charge in [0, 0.05) is 19.5 Å². The van der Waals surface area contributed by atoms with Gasteiger partial charge in [-0.05, 0) is 24.5 Å². The van der Waals surface area contributed by atoms with Crippen LogP contribution in [0.5, 0.6) is 5.75 Å². The van der Waals surface area contributed by atoms with Crippen molar-refractivity contribution in [1.82, 2.24) is 5.06 Å². The summed E-state index contributed by atoms with van der Waals surface area (Å²) in [5.41, 5.74) is 6.37. The van der Waals surface area contributed by atoms with Gasteiger partial charge in [-0.25, -0.2) is 4.79 Å². The monoisotopic (exact) mass is 386 g/mol. The van der Waals surface area contributed by atoms with E-state index in [1.165, 1.54) is 6.07 Å². The summed E-state index contributed by atoms with van der Waals surface area (Å²) in [5, 5.41) is 1.59. The molecule has 26 heavy (non-hydrogen) atoms. The van der Waals surface area contributed by atoms with Crippen molar-refractivity contribution in [2.24, 2.45) is 5.73 Å². The topological polar surface area (TPSA) is 139 Å². The summed E-state index contributed by atoms with van der Waals surface area (Å²) in [5.74, 6) is -1.54. The third kappa shape index (κ3) is 6.86. The van der Waals surface area contributed by atoms with E-state index in [1.807, 2.05) is 0 Å². The van der Waals surface area contributed by atoms with Gasteiger partial charge in [0.25, 0.3) is 0 Å². The molecule has 4 N–H and O–H groups in total. The van der Waals surface area contributed by atoms with Gasteiger partial charge in [0.1, 0.15) is 18.0 Å². The van der Waals surface area contributed by atoms with Crippen LogP contribution in [-0.4, -0.2) is 52.1 Å². The summed E-state index contributed by atoms with van der Waals surface area (Å²) in [6.07, 6.45) is 2.06. The second-order valence-electron chi connectivity index (χ2n) is 6.12. The van der Waals surface area contributed by atoms with E-state index < -0.39 is 31.7 Å². The number of hydrogen-bond acceptors (Lipinski definition) is 7. The Morgan fingerprint density at radius 2 is 1.85 bits per heavy atom. The van der Waals surface area contributed by atoms with Gasteiger partial charge in [-0.2, -0.15) is 0 Å². The second-order valence-corrected chi connectivity index (χ2v) is 7.76. The number of ether oxygens (including phenoxy) is 1. The lowest BCUT2D eigenvalue weighted by Crippen LogP contribution is -2.41. The first-order valence-corrected chi connectivity index (χ1v) is 10.1. The molecule has 144 valence electrons. The fourth-order valence-corrected chi connectivity index (χ4v) is 2.97. The van der Waals surface area contributed by atoms with Crippen LogP contribution in [0.3, 0.4) is 0 Å². The number of esters is 1. The highest BCUT2D eigenvalue weighted by molar-refractivity contribution is 7.52. The summed E-state index contributed by atoms with van der Waals surface area (Å²) < 4.78 is 15.9. The summed E-state index contributed by atoms with van der Waals surface area (Å²) >= 11 is 0. The minimum Gasteiger partial charge on any atom is -0.426 e. The number of para-hydroxylation sites is 1. The summed E-state index contributed by atoms with van der Waals surface area (Å²) in [6, 6.07) is 5.40. The Morgan fingerprint density at radius 3 is 2.50 bits per heavy atom. The molecule has 0 spiro atoms. The van der Waals surface area contributed by atoms with Gasteiger partial charge in [-0.15, -0.1) is 5.06 Å². The van der Waals surface area contributed by atoms with Gasteiger partial charge < -0.3 is 25.1 Å². The van der Waals surface area contributed by atoms with Crippen molar-refractivity contribution in [3.8, 4) is 5.75 Å². The number of carbonyl (C=O) groups is 2. The molecular weight excluding hydrogens is 363 g/mol. The lowest BCUT2D eigenvalue weighted by Gasteiger charge is -2.26. The molecule has 0 bridgehead atoms. The van der Waals surface area contributed by atoms with Crippen molar-refractivity contribution in [2.75, 3.05) is 19.3 Å². The number of nitrogens with two attached hydrogens (primary N) is 1. The van der Waals surface area contributed by atoms with Crippen molar-refractivity contribution in [2.45, 2.75) is 31.7 Å². The normalized spacial score (nSPS) is 16.7. The van der Waals surface area contributed by atoms with Crippen molar-refractivity contribution in [1.29, 1.82) is 0 Å².